The highest BCUT2D eigenvalue weighted by molar-refractivity contribution is 5.61. The van der Waals surface area contributed by atoms with E-state index in [4.69, 9.17) is 4.74 Å². The average Bonchev–Trinajstić information content (AvgIpc) is 2.88. The van der Waals surface area contributed by atoms with Crippen LogP contribution in [0, 0.1) is 11.6 Å². The molecule has 0 bridgehead atoms. The Morgan fingerprint density at radius 2 is 1.60 bits per heavy atom. The Bertz CT molecular complexity index is 1410. The van der Waals surface area contributed by atoms with Crippen LogP contribution in [-0.2, 0) is 6.54 Å². The van der Waals surface area contributed by atoms with Crippen molar-refractivity contribution in [1.29, 1.82) is 0 Å². The van der Waals surface area contributed by atoms with Crippen molar-refractivity contribution in [3.8, 4) is 11.5 Å². The summed E-state index contributed by atoms with van der Waals surface area (Å²) in [5.41, 5.74) is 1.50. The lowest BCUT2D eigenvalue weighted by atomic mass is 9.95. The standard InChI is InChI=1S/C27H24F2N2O4/c1-15(18-8-11-21(28)22(29)13-18)31-23(17-6-9-20(35-2)10-7-17)19-5-3-4-16(12-19)14-30-24-25(32)27(34)26(24)33/h3-13,15,23,30-32H,14H2,1-2H3. The molecule has 6 nitrogen and oxygen atoms in total. The SMILES string of the molecule is COc1ccc(C(NC(C)c2ccc(F)c(F)c2)c2cccc(CNc3c(O)c(=O)c3=O)c2)cc1. The maximum Gasteiger partial charge on any atom is 0.271 e. The molecule has 0 aliphatic carbocycles. The van der Waals surface area contributed by atoms with Gasteiger partial charge in [0.05, 0.1) is 13.2 Å². The summed E-state index contributed by atoms with van der Waals surface area (Å²) < 4.78 is 32.5. The molecular formula is C27H24F2N2O4. The second kappa shape index (κ2) is 10.1. The first-order chi connectivity index (χ1) is 16.8. The molecule has 0 heterocycles. The van der Waals surface area contributed by atoms with Gasteiger partial charge >= 0.3 is 0 Å². The average molecular weight is 478 g/mol. The molecule has 4 aromatic rings. The van der Waals surface area contributed by atoms with Gasteiger partial charge in [-0.05, 0) is 53.4 Å². The summed E-state index contributed by atoms with van der Waals surface area (Å²) in [5, 5.41) is 15.9. The molecule has 180 valence electrons. The lowest BCUT2D eigenvalue weighted by Gasteiger charge is -2.25. The number of anilines is 1. The van der Waals surface area contributed by atoms with E-state index in [-0.39, 0.29) is 24.3 Å². The monoisotopic (exact) mass is 478 g/mol. The first kappa shape index (κ1) is 24.1. The van der Waals surface area contributed by atoms with Gasteiger partial charge < -0.3 is 15.2 Å². The van der Waals surface area contributed by atoms with Crippen LogP contribution in [0.25, 0.3) is 0 Å². The third-order valence-electron chi connectivity index (χ3n) is 5.95. The van der Waals surface area contributed by atoms with Crippen LogP contribution in [0.2, 0.25) is 0 Å². The number of aromatic hydroxyl groups is 1. The summed E-state index contributed by atoms with van der Waals surface area (Å²) >= 11 is 0. The molecule has 0 aliphatic heterocycles. The number of rotatable bonds is 9. The van der Waals surface area contributed by atoms with Crippen molar-refractivity contribution in [3.63, 3.8) is 0 Å². The van der Waals surface area contributed by atoms with E-state index < -0.39 is 28.2 Å². The number of hydrogen-bond donors (Lipinski definition) is 3. The molecule has 4 rings (SSSR count). The highest BCUT2D eigenvalue weighted by atomic mass is 19.2. The summed E-state index contributed by atoms with van der Waals surface area (Å²) in [6, 6.07) is 18.3. The van der Waals surface area contributed by atoms with Crippen molar-refractivity contribution >= 4 is 5.69 Å². The molecule has 3 N–H and O–H groups in total. The lowest BCUT2D eigenvalue weighted by Crippen LogP contribution is -2.33. The number of methoxy groups -OCH3 is 1. The van der Waals surface area contributed by atoms with E-state index in [2.05, 4.69) is 10.6 Å². The Balaban J connectivity index is 1.62. The van der Waals surface area contributed by atoms with Crippen LogP contribution in [0.15, 0.2) is 76.3 Å². The molecule has 0 amide bonds. The van der Waals surface area contributed by atoms with Gasteiger partial charge in [-0.1, -0.05) is 42.5 Å². The summed E-state index contributed by atoms with van der Waals surface area (Å²) in [5.74, 6) is -1.66. The highest BCUT2D eigenvalue weighted by Crippen LogP contribution is 2.29. The lowest BCUT2D eigenvalue weighted by molar-refractivity contribution is 0.414. The molecule has 0 saturated carbocycles. The predicted octanol–water partition coefficient (Wildman–Crippen LogP) is 4.33. The van der Waals surface area contributed by atoms with Crippen molar-refractivity contribution in [3.05, 3.63) is 121 Å². The summed E-state index contributed by atoms with van der Waals surface area (Å²) in [6.45, 7) is 2.09. The van der Waals surface area contributed by atoms with Gasteiger partial charge in [-0.2, -0.15) is 0 Å². The van der Waals surface area contributed by atoms with E-state index in [1.54, 1.807) is 13.2 Å². The smallest absolute Gasteiger partial charge is 0.271 e. The quantitative estimate of drug-likeness (QED) is 0.311. The van der Waals surface area contributed by atoms with Gasteiger partial charge in [-0.25, -0.2) is 8.78 Å². The molecule has 0 fully saturated rings. The van der Waals surface area contributed by atoms with E-state index in [9.17, 15) is 23.5 Å². The minimum Gasteiger partial charge on any atom is -0.502 e. The van der Waals surface area contributed by atoms with Crippen molar-refractivity contribution in [1.82, 2.24) is 5.32 Å². The zero-order chi connectivity index (χ0) is 25.1. The minimum absolute atomic E-state index is 0.0859. The second-order valence-electron chi connectivity index (χ2n) is 8.25. The molecule has 35 heavy (non-hydrogen) atoms. The molecule has 4 aromatic carbocycles. The van der Waals surface area contributed by atoms with E-state index in [1.165, 1.54) is 6.07 Å². The van der Waals surface area contributed by atoms with Crippen LogP contribution < -0.4 is 26.2 Å². The first-order valence-corrected chi connectivity index (χ1v) is 11.0. The molecule has 0 spiro atoms. The molecule has 8 heteroatoms. The van der Waals surface area contributed by atoms with Gasteiger partial charge in [0, 0.05) is 12.6 Å². The minimum atomic E-state index is -0.910. The summed E-state index contributed by atoms with van der Waals surface area (Å²) in [4.78, 5) is 22.8. The fourth-order valence-corrected chi connectivity index (χ4v) is 3.93. The highest BCUT2D eigenvalue weighted by Gasteiger charge is 2.21. The second-order valence-corrected chi connectivity index (χ2v) is 8.25. The molecule has 0 aliphatic rings. The van der Waals surface area contributed by atoms with Crippen molar-refractivity contribution < 1.29 is 18.6 Å². The molecule has 0 saturated heterocycles. The van der Waals surface area contributed by atoms with Gasteiger partial charge in [0.15, 0.2) is 17.4 Å². The Hall–Kier alpha value is -4.04. The van der Waals surface area contributed by atoms with Crippen LogP contribution in [0.1, 0.15) is 41.3 Å². The van der Waals surface area contributed by atoms with Crippen molar-refractivity contribution in [2.45, 2.75) is 25.6 Å². The normalized spacial score (nSPS) is 12.9. The van der Waals surface area contributed by atoms with Gasteiger partial charge in [-0.15, -0.1) is 0 Å². The first-order valence-electron chi connectivity index (χ1n) is 11.0. The Morgan fingerprint density at radius 1 is 0.886 bits per heavy atom. The van der Waals surface area contributed by atoms with Crippen LogP contribution in [0.5, 0.6) is 11.5 Å². The fourth-order valence-electron chi connectivity index (χ4n) is 3.93. The largest absolute Gasteiger partial charge is 0.502 e. The van der Waals surface area contributed by atoms with Crippen LogP contribution in [0.3, 0.4) is 0 Å². The number of benzene rings is 3. The molecule has 0 aromatic heterocycles. The number of nitrogens with one attached hydrogen (secondary N) is 2. The third-order valence-corrected chi connectivity index (χ3v) is 5.95. The van der Waals surface area contributed by atoms with Crippen molar-refractivity contribution in [2.24, 2.45) is 0 Å². The van der Waals surface area contributed by atoms with E-state index in [0.717, 1.165) is 22.8 Å². The van der Waals surface area contributed by atoms with E-state index in [0.29, 0.717) is 11.3 Å². The third kappa shape index (κ3) is 5.07. The predicted molar refractivity (Wildman–Crippen MR) is 130 cm³/mol. The van der Waals surface area contributed by atoms with Crippen molar-refractivity contribution in [2.75, 3.05) is 12.4 Å². The molecule has 2 unspecified atom stereocenters. The van der Waals surface area contributed by atoms with Crippen LogP contribution >= 0.6 is 0 Å². The van der Waals surface area contributed by atoms with Gasteiger partial charge in [-0.3, -0.25) is 14.9 Å². The fraction of sp³-hybridized carbons (Fsp3) is 0.185. The van der Waals surface area contributed by atoms with Gasteiger partial charge in [0.1, 0.15) is 11.4 Å². The number of hydrogen-bond acceptors (Lipinski definition) is 6. The Morgan fingerprint density at radius 3 is 2.26 bits per heavy atom. The zero-order valence-corrected chi connectivity index (χ0v) is 19.1. The maximum atomic E-state index is 13.8. The number of halogens is 2. The van der Waals surface area contributed by atoms with E-state index in [1.807, 2.05) is 55.5 Å². The molecule has 2 atom stereocenters. The maximum absolute atomic E-state index is 13.8. The Kier molecular flexibility index (Phi) is 6.93. The topological polar surface area (TPSA) is 87.7 Å². The van der Waals surface area contributed by atoms with Crippen LogP contribution in [0.4, 0.5) is 14.5 Å². The van der Waals surface area contributed by atoms with Gasteiger partial charge in [0.2, 0.25) is 0 Å². The molecule has 0 radical (unpaired) electrons. The Labute approximate surface area is 200 Å². The van der Waals surface area contributed by atoms with Gasteiger partial charge in [0.25, 0.3) is 10.9 Å². The summed E-state index contributed by atoms with van der Waals surface area (Å²) in [7, 11) is 1.58. The van der Waals surface area contributed by atoms with Crippen LogP contribution in [-0.4, -0.2) is 12.2 Å². The van der Waals surface area contributed by atoms with E-state index >= 15 is 0 Å². The number of ether oxygens (including phenoxy) is 1. The molecular weight excluding hydrogens is 454 g/mol. The zero-order valence-electron chi connectivity index (χ0n) is 19.1. The summed E-state index contributed by atoms with van der Waals surface area (Å²) in [6.07, 6.45) is 0.